The van der Waals surface area contributed by atoms with E-state index in [9.17, 15) is 26.5 Å². The maximum atomic E-state index is 14.4. The summed E-state index contributed by atoms with van der Waals surface area (Å²) in [6.45, 7) is 1.27. The number of aromatic nitrogens is 3. The van der Waals surface area contributed by atoms with Crippen LogP contribution in [0.5, 0.6) is 5.75 Å². The van der Waals surface area contributed by atoms with Gasteiger partial charge in [0.1, 0.15) is 16.5 Å². The van der Waals surface area contributed by atoms with Gasteiger partial charge >= 0.3 is 19.4 Å². The van der Waals surface area contributed by atoms with E-state index >= 15 is 0 Å². The smallest absolute Gasteiger partial charge is 0.400 e. The number of fused-ring (bicyclic) bond motifs is 1. The van der Waals surface area contributed by atoms with Crippen LogP contribution in [0.15, 0.2) is 16.6 Å². The molecule has 7 nitrogen and oxygen atoms in total. The molecule has 3 aromatic rings. The Kier molecular flexibility index (Phi) is 6.51. The molecule has 0 aliphatic carbocycles. The number of rotatable bonds is 7. The molecule has 170 valence electrons. The number of alkyl halides is 5. The van der Waals surface area contributed by atoms with Crippen LogP contribution in [0.25, 0.3) is 21.5 Å². The Morgan fingerprint density at radius 2 is 1.90 bits per heavy atom. The van der Waals surface area contributed by atoms with Gasteiger partial charge in [-0.15, -0.1) is 21.5 Å². The number of hydrogen-bond acceptors (Lipinski definition) is 5. The fraction of sp³-hybridized carbons (Fsp3) is 0.375. The molecular formula is C16H14BrF5N3O4PS. The van der Waals surface area contributed by atoms with Crippen molar-refractivity contribution in [2.75, 3.05) is 6.61 Å². The highest BCUT2D eigenvalue weighted by molar-refractivity contribution is 9.10. The second-order valence-electron chi connectivity index (χ2n) is 6.51. The van der Waals surface area contributed by atoms with Gasteiger partial charge in [0.05, 0.1) is 11.3 Å². The monoisotopic (exact) mass is 549 g/mol. The molecule has 0 aliphatic heterocycles. The minimum absolute atomic E-state index is 0.0258. The zero-order valence-electron chi connectivity index (χ0n) is 15.5. The van der Waals surface area contributed by atoms with Crippen molar-refractivity contribution in [1.29, 1.82) is 0 Å². The third kappa shape index (κ3) is 5.08. The Balaban J connectivity index is 2.10. The number of H-pyrrole nitrogens is 1. The lowest BCUT2D eigenvalue weighted by atomic mass is 10.1. The molecule has 0 atom stereocenters. The molecule has 0 saturated heterocycles. The van der Waals surface area contributed by atoms with Crippen LogP contribution < -0.4 is 4.74 Å². The number of halogens is 6. The van der Waals surface area contributed by atoms with Crippen LogP contribution in [0.2, 0.25) is 0 Å². The van der Waals surface area contributed by atoms with E-state index in [0.717, 1.165) is 0 Å². The number of ether oxygens (including phenoxy) is 1. The van der Waals surface area contributed by atoms with Crippen LogP contribution in [0.3, 0.4) is 0 Å². The molecule has 1 aromatic carbocycles. The summed E-state index contributed by atoms with van der Waals surface area (Å²) in [4.78, 5) is 20.1. The normalized spacial score (nSPS) is 13.2. The molecule has 0 aliphatic rings. The second kappa shape index (κ2) is 8.39. The van der Waals surface area contributed by atoms with Crippen molar-refractivity contribution >= 4 is 44.9 Å². The van der Waals surface area contributed by atoms with Crippen LogP contribution in [-0.4, -0.2) is 37.8 Å². The fourth-order valence-corrected chi connectivity index (χ4v) is 5.62. The lowest BCUT2D eigenvalue weighted by Crippen LogP contribution is -2.12. The van der Waals surface area contributed by atoms with Crippen LogP contribution in [-0.2, 0) is 10.2 Å². The van der Waals surface area contributed by atoms with Crippen molar-refractivity contribution in [2.24, 2.45) is 0 Å². The first-order valence-electron chi connectivity index (χ1n) is 8.50. The van der Waals surface area contributed by atoms with Gasteiger partial charge in [0.2, 0.25) is 0 Å². The molecular weight excluding hydrogens is 536 g/mol. The summed E-state index contributed by atoms with van der Waals surface area (Å²) in [6.07, 6.45) is -5.83. The number of aromatic amines is 1. The molecule has 0 bridgehead atoms. The highest BCUT2D eigenvalue weighted by Crippen LogP contribution is 2.63. The first kappa shape index (κ1) is 24.1. The largest absolute Gasteiger partial charge is 0.492 e. The topological polar surface area (TPSA) is 108 Å². The standard InChI is InChI=1S/C16H14BrF5N3O4PS/c1-7-23-14(25-24-7)8-5-9-11(17)13(16(21,22)30(26,27)28)31-12(9)10(6-8)29-4-2-3-15(18,19)20/h5-6H,2-4H2,1H3,(H,23,24,25)(H2,26,27,28). The SMILES string of the molecule is Cc1nnc(-c2cc(OCCCC(F)(F)F)c3sc(C(F)(F)P(=O)(O)O)c(Br)c3c2)[nH]1. The van der Waals surface area contributed by atoms with E-state index in [1.54, 1.807) is 6.92 Å². The van der Waals surface area contributed by atoms with E-state index in [1.807, 2.05) is 0 Å². The number of hydrogen-bond donors (Lipinski definition) is 3. The average Bonchev–Trinajstić information content (AvgIpc) is 3.21. The van der Waals surface area contributed by atoms with Crippen molar-refractivity contribution in [3.8, 4) is 17.1 Å². The van der Waals surface area contributed by atoms with Crippen LogP contribution in [0, 0.1) is 6.92 Å². The quantitative estimate of drug-likeness (QED) is 0.198. The maximum Gasteiger partial charge on any atom is 0.400 e. The Hall–Kier alpha value is -1.60. The highest BCUT2D eigenvalue weighted by atomic mass is 79.9. The second-order valence-corrected chi connectivity index (χ2v) is 9.97. The predicted octanol–water partition coefficient (Wildman–Crippen LogP) is 5.71. The molecule has 2 heterocycles. The van der Waals surface area contributed by atoms with E-state index < -0.39 is 30.7 Å². The number of aryl methyl sites for hydroxylation is 1. The molecule has 15 heteroatoms. The van der Waals surface area contributed by atoms with Gasteiger partial charge in [-0.3, -0.25) is 4.57 Å². The Labute approximate surface area is 183 Å². The van der Waals surface area contributed by atoms with Crippen molar-refractivity contribution in [3.63, 3.8) is 0 Å². The predicted molar refractivity (Wildman–Crippen MR) is 106 cm³/mol. The Morgan fingerprint density at radius 3 is 2.45 bits per heavy atom. The molecule has 3 N–H and O–H groups in total. The maximum absolute atomic E-state index is 14.4. The molecule has 2 aromatic heterocycles. The summed E-state index contributed by atoms with van der Waals surface area (Å²) >= 11 is 3.35. The lowest BCUT2D eigenvalue weighted by molar-refractivity contribution is -0.136. The van der Waals surface area contributed by atoms with E-state index in [4.69, 9.17) is 14.5 Å². The minimum atomic E-state index is -5.85. The van der Waals surface area contributed by atoms with E-state index in [2.05, 4.69) is 31.1 Å². The summed E-state index contributed by atoms with van der Waals surface area (Å²) < 4.78 is 82.5. The Morgan fingerprint density at radius 1 is 1.23 bits per heavy atom. The van der Waals surface area contributed by atoms with Gasteiger partial charge in [0.15, 0.2) is 5.82 Å². The molecule has 0 amide bonds. The number of nitrogens with one attached hydrogen (secondary N) is 1. The third-order valence-corrected chi connectivity index (χ3v) is 7.55. The zero-order chi connectivity index (χ0) is 23.2. The van der Waals surface area contributed by atoms with Crippen molar-refractivity contribution in [1.82, 2.24) is 15.2 Å². The van der Waals surface area contributed by atoms with Gasteiger partial charge in [0, 0.05) is 21.8 Å². The first-order valence-corrected chi connectivity index (χ1v) is 11.7. The summed E-state index contributed by atoms with van der Waals surface area (Å²) in [5.41, 5.74) is -4.14. The number of benzene rings is 1. The van der Waals surface area contributed by atoms with E-state index in [0.29, 0.717) is 22.7 Å². The van der Waals surface area contributed by atoms with Crippen LogP contribution in [0.1, 0.15) is 23.5 Å². The van der Waals surface area contributed by atoms with Gasteiger partial charge in [0.25, 0.3) is 0 Å². The highest BCUT2D eigenvalue weighted by Gasteiger charge is 2.53. The summed E-state index contributed by atoms with van der Waals surface area (Å²) in [7, 11) is -5.85. The van der Waals surface area contributed by atoms with Gasteiger partial charge in [-0.1, -0.05) is 0 Å². The first-order chi connectivity index (χ1) is 14.2. The molecule has 0 spiro atoms. The summed E-state index contributed by atoms with van der Waals surface area (Å²) in [5, 5.41) is 7.82. The van der Waals surface area contributed by atoms with Crippen molar-refractivity contribution in [3.05, 3.63) is 27.3 Å². The van der Waals surface area contributed by atoms with Crippen LogP contribution in [0.4, 0.5) is 22.0 Å². The summed E-state index contributed by atoms with van der Waals surface area (Å²) in [6, 6.07) is 2.82. The average molecular weight is 550 g/mol. The molecule has 0 fully saturated rings. The van der Waals surface area contributed by atoms with Gasteiger partial charge in [-0.05, 0) is 41.4 Å². The van der Waals surface area contributed by atoms with E-state index in [-0.39, 0.29) is 39.2 Å². The fourth-order valence-electron chi connectivity index (χ4n) is 2.64. The van der Waals surface area contributed by atoms with E-state index in [1.165, 1.54) is 12.1 Å². The Bertz CT molecular complexity index is 1160. The summed E-state index contributed by atoms with van der Waals surface area (Å²) in [5.74, 6) is 0.684. The zero-order valence-corrected chi connectivity index (χ0v) is 18.8. The molecule has 0 unspecified atom stereocenters. The van der Waals surface area contributed by atoms with Gasteiger partial charge < -0.3 is 19.5 Å². The van der Waals surface area contributed by atoms with Crippen molar-refractivity contribution in [2.45, 2.75) is 31.6 Å². The van der Waals surface area contributed by atoms with Gasteiger partial charge in [-0.2, -0.15) is 22.0 Å². The minimum Gasteiger partial charge on any atom is -0.492 e. The van der Waals surface area contributed by atoms with Crippen LogP contribution >= 0.6 is 34.9 Å². The van der Waals surface area contributed by atoms with Gasteiger partial charge in [-0.25, -0.2) is 0 Å². The lowest BCUT2D eigenvalue weighted by Gasteiger charge is -2.16. The number of nitrogens with zero attached hydrogens (tertiary/aromatic N) is 2. The van der Waals surface area contributed by atoms with Crippen molar-refractivity contribution < 1.29 is 41.0 Å². The molecule has 31 heavy (non-hydrogen) atoms. The third-order valence-electron chi connectivity index (χ3n) is 4.07. The number of thiophene rings is 1. The molecule has 0 radical (unpaired) electrons. The molecule has 3 rings (SSSR count). The molecule has 0 saturated carbocycles.